The van der Waals surface area contributed by atoms with Crippen molar-refractivity contribution in [2.24, 2.45) is 0 Å². The monoisotopic (exact) mass is 354 g/mol. The Labute approximate surface area is 151 Å². The number of rotatable bonds is 4. The van der Waals surface area contributed by atoms with Crippen LogP contribution in [0.5, 0.6) is 6.01 Å². The molecule has 4 rings (SSSR count). The van der Waals surface area contributed by atoms with Crippen LogP contribution < -0.4 is 15.4 Å². The zero-order valence-electron chi connectivity index (χ0n) is 14.7. The molecule has 0 radical (unpaired) electrons. The van der Waals surface area contributed by atoms with Crippen molar-refractivity contribution in [3.63, 3.8) is 0 Å². The number of benzene rings is 1. The van der Waals surface area contributed by atoms with Crippen LogP contribution in [-0.4, -0.2) is 41.2 Å². The number of carbonyl (C=O) groups excluding carboxylic acids is 1. The van der Waals surface area contributed by atoms with Crippen LogP contribution in [0.3, 0.4) is 0 Å². The van der Waals surface area contributed by atoms with Gasteiger partial charge in [0.2, 0.25) is 0 Å². The van der Waals surface area contributed by atoms with Gasteiger partial charge < -0.3 is 20.5 Å². The number of hydrogen-bond donors (Lipinski definition) is 2. The number of hydrogen-bond acceptors (Lipinski definition) is 6. The molecule has 0 spiro atoms. The minimum atomic E-state index is -0.195. The number of methoxy groups -OCH3 is 1. The number of aliphatic hydroxyl groups excluding tert-OH is 1. The van der Waals surface area contributed by atoms with Gasteiger partial charge in [-0.1, -0.05) is 18.6 Å². The Morgan fingerprint density at radius 1 is 1.27 bits per heavy atom. The summed E-state index contributed by atoms with van der Waals surface area (Å²) in [5.74, 6) is -0.0495. The number of carbonyl (C=O) groups is 1. The molecule has 0 saturated heterocycles. The zero-order valence-corrected chi connectivity index (χ0v) is 14.7. The number of anilines is 2. The van der Waals surface area contributed by atoms with E-state index in [2.05, 4.69) is 9.97 Å². The van der Waals surface area contributed by atoms with E-state index in [1.807, 2.05) is 24.3 Å². The number of nitrogens with zero attached hydrogens (tertiary/aromatic N) is 3. The van der Waals surface area contributed by atoms with Crippen molar-refractivity contribution in [2.75, 3.05) is 30.9 Å². The summed E-state index contributed by atoms with van der Waals surface area (Å²) in [7, 11) is 1.47. The Hall–Kier alpha value is -2.67. The average molecular weight is 354 g/mol. The topological polar surface area (TPSA) is 102 Å². The van der Waals surface area contributed by atoms with Crippen LogP contribution in [0, 0.1) is 0 Å². The highest BCUT2D eigenvalue weighted by Crippen LogP contribution is 2.43. The van der Waals surface area contributed by atoms with Crippen LogP contribution in [0.4, 0.5) is 11.5 Å². The highest BCUT2D eigenvalue weighted by molar-refractivity contribution is 6.10. The highest BCUT2D eigenvalue weighted by atomic mass is 16.5. The summed E-state index contributed by atoms with van der Waals surface area (Å²) in [6.45, 7) is 0.688. The average Bonchev–Trinajstić information content (AvgIpc) is 2.62. The SMILES string of the molecule is COc1nc(N)c2c(n1)CCN(c1ccc(C3(CO)CCC3)cc1)C2=O. The lowest BCUT2D eigenvalue weighted by Gasteiger charge is -2.41. The van der Waals surface area contributed by atoms with Crippen molar-refractivity contribution in [2.45, 2.75) is 31.1 Å². The Morgan fingerprint density at radius 2 is 2.00 bits per heavy atom. The maximum Gasteiger partial charge on any atom is 0.318 e. The molecule has 0 atom stereocenters. The molecule has 3 N–H and O–H groups in total. The van der Waals surface area contributed by atoms with Crippen LogP contribution in [0.15, 0.2) is 24.3 Å². The lowest BCUT2D eigenvalue weighted by Crippen LogP contribution is -2.39. The summed E-state index contributed by atoms with van der Waals surface area (Å²) in [6.07, 6.45) is 3.75. The van der Waals surface area contributed by atoms with E-state index in [0.717, 1.165) is 30.5 Å². The smallest absolute Gasteiger partial charge is 0.318 e. The van der Waals surface area contributed by atoms with Crippen molar-refractivity contribution < 1.29 is 14.6 Å². The summed E-state index contributed by atoms with van der Waals surface area (Å²) >= 11 is 0. The molecule has 1 aliphatic heterocycles. The third-order valence-corrected chi connectivity index (χ3v) is 5.61. The van der Waals surface area contributed by atoms with Gasteiger partial charge in [-0.05, 0) is 30.5 Å². The summed E-state index contributed by atoms with van der Waals surface area (Å²) < 4.78 is 5.03. The number of aliphatic hydroxyl groups is 1. The van der Waals surface area contributed by atoms with Gasteiger partial charge in [-0.15, -0.1) is 0 Å². The lowest BCUT2D eigenvalue weighted by molar-refractivity contribution is 0.0980. The minimum absolute atomic E-state index is 0.105. The molecule has 1 aromatic heterocycles. The van der Waals surface area contributed by atoms with E-state index < -0.39 is 0 Å². The van der Waals surface area contributed by atoms with Crippen LogP contribution in [0.1, 0.15) is 40.9 Å². The third-order valence-electron chi connectivity index (χ3n) is 5.61. The van der Waals surface area contributed by atoms with Crippen LogP contribution in [0.2, 0.25) is 0 Å². The van der Waals surface area contributed by atoms with E-state index in [1.54, 1.807) is 4.90 Å². The van der Waals surface area contributed by atoms with Crippen LogP contribution in [-0.2, 0) is 11.8 Å². The van der Waals surface area contributed by atoms with E-state index in [0.29, 0.717) is 24.2 Å². The number of aromatic nitrogens is 2. The van der Waals surface area contributed by atoms with Gasteiger partial charge in [0.1, 0.15) is 11.4 Å². The summed E-state index contributed by atoms with van der Waals surface area (Å²) in [5.41, 5.74) is 8.79. The summed E-state index contributed by atoms with van der Waals surface area (Å²) in [5, 5.41) is 9.73. The van der Waals surface area contributed by atoms with Crippen LogP contribution >= 0.6 is 0 Å². The van der Waals surface area contributed by atoms with Gasteiger partial charge in [-0.3, -0.25) is 4.79 Å². The lowest BCUT2D eigenvalue weighted by atomic mass is 9.65. The van der Waals surface area contributed by atoms with Gasteiger partial charge in [0.15, 0.2) is 0 Å². The molecule has 2 aromatic rings. The zero-order chi connectivity index (χ0) is 18.3. The fourth-order valence-corrected chi connectivity index (χ4v) is 3.85. The highest BCUT2D eigenvalue weighted by Gasteiger charge is 2.38. The Morgan fingerprint density at radius 3 is 2.58 bits per heavy atom. The van der Waals surface area contributed by atoms with Crippen molar-refractivity contribution in [3.05, 3.63) is 41.1 Å². The second-order valence-electron chi connectivity index (χ2n) is 6.96. The van der Waals surface area contributed by atoms with E-state index >= 15 is 0 Å². The predicted molar refractivity (Wildman–Crippen MR) is 97.4 cm³/mol. The molecule has 2 aliphatic rings. The van der Waals surface area contributed by atoms with Gasteiger partial charge in [0.05, 0.1) is 19.4 Å². The van der Waals surface area contributed by atoms with E-state index in [4.69, 9.17) is 10.5 Å². The molecule has 1 saturated carbocycles. The first-order valence-corrected chi connectivity index (χ1v) is 8.81. The van der Waals surface area contributed by atoms with E-state index in [-0.39, 0.29) is 29.8 Å². The van der Waals surface area contributed by atoms with Gasteiger partial charge in [-0.2, -0.15) is 9.97 Å². The molecule has 1 aliphatic carbocycles. The molecule has 26 heavy (non-hydrogen) atoms. The summed E-state index contributed by atoms with van der Waals surface area (Å²) in [6, 6.07) is 8.09. The molecular formula is C19H22N4O3. The number of ether oxygens (including phenoxy) is 1. The standard InChI is InChI=1S/C19H22N4O3/c1-26-18-21-14-7-10-23(17(25)15(14)16(20)22-18)13-5-3-12(4-6-13)19(11-24)8-2-9-19/h3-6,24H,2,7-11H2,1H3,(H2,20,21,22). The van der Waals surface area contributed by atoms with E-state index in [1.165, 1.54) is 7.11 Å². The Bertz CT molecular complexity index is 841. The number of amides is 1. The molecular weight excluding hydrogens is 332 g/mol. The van der Waals surface area contributed by atoms with Gasteiger partial charge in [0.25, 0.3) is 5.91 Å². The number of fused-ring (bicyclic) bond motifs is 1. The summed E-state index contributed by atoms with van der Waals surface area (Å²) in [4.78, 5) is 22.9. The van der Waals surface area contributed by atoms with Crippen molar-refractivity contribution in [1.82, 2.24) is 9.97 Å². The molecule has 1 amide bonds. The quantitative estimate of drug-likeness (QED) is 0.866. The molecule has 1 aromatic carbocycles. The molecule has 7 heteroatoms. The fourth-order valence-electron chi connectivity index (χ4n) is 3.85. The van der Waals surface area contributed by atoms with Crippen LogP contribution in [0.25, 0.3) is 0 Å². The number of nitrogen functional groups attached to an aromatic ring is 1. The predicted octanol–water partition coefficient (Wildman–Crippen LogP) is 1.68. The first-order chi connectivity index (χ1) is 12.6. The minimum Gasteiger partial charge on any atom is -0.467 e. The second kappa shape index (κ2) is 6.25. The van der Waals surface area contributed by atoms with Crippen molar-refractivity contribution in [1.29, 1.82) is 0 Å². The van der Waals surface area contributed by atoms with E-state index in [9.17, 15) is 9.90 Å². The first-order valence-electron chi connectivity index (χ1n) is 8.81. The molecule has 1 fully saturated rings. The maximum absolute atomic E-state index is 12.9. The van der Waals surface area contributed by atoms with Gasteiger partial charge >= 0.3 is 6.01 Å². The molecule has 0 bridgehead atoms. The van der Waals surface area contributed by atoms with Gasteiger partial charge in [0, 0.05) is 24.1 Å². The fraction of sp³-hybridized carbons (Fsp3) is 0.421. The molecule has 136 valence electrons. The Balaban J connectivity index is 1.62. The molecule has 0 unspecified atom stereocenters. The Kier molecular flexibility index (Phi) is 4.03. The second-order valence-corrected chi connectivity index (χ2v) is 6.96. The van der Waals surface area contributed by atoms with Crippen molar-refractivity contribution in [3.8, 4) is 6.01 Å². The maximum atomic E-state index is 12.9. The number of nitrogens with two attached hydrogens (primary N) is 1. The largest absolute Gasteiger partial charge is 0.467 e. The third kappa shape index (κ3) is 2.50. The van der Waals surface area contributed by atoms with Gasteiger partial charge in [-0.25, -0.2) is 0 Å². The first kappa shape index (κ1) is 16.8. The molecule has 7 nitrogen and oxygen atoms in total. The normalized spacial score (nSPS) is 18.2. The molecule has 2 heterocycles. The van der Waals surface area contributed by atoms with Crippen molar-refractivity contribution >= 4 is 17.4 Å².